The van der Waals surface area contributed by atoms with Crippen LogP contribution in [0.25, 0.3) is 0 Å². The average Bonchev–Trinajstić information content (AvgIpc) is 2.23. The molecule has 7 unspecified atom stereocenters. The van der Waals surface area contributed by atoms with E-state index in [1.54, 1.807) is 6.92 Å². The van der Waals surface area contributed by atoms with E-state index in [-0.39, 0.29) is 0 Å². The van der Waals surface area contributed by atoms with E-state index < -0.39 is 47.1 Å². The highest BCUT2D eigenvalue weighted by Gasteiger charge is 2.43. The quantitative estimate of drug-likeness (QED) is 0.203. The van der Waals surface area contributed by atoms with Gasteiger partial charge in [-0.3, -0.25) is 0 Å². The molecule has 8 heteroatoms. The zero-order chi connectivity index (χ0) is 14.7. The van der Waals surface area contributed by atoms with Gasteiger partial charge in [-0.05, 0) is 6.92 Å². The van der Waals surface area contributed by atoms with Crippen LogP contribution in [0.1, 0.15) is 13.8 Å². The van der Waals surface area contributed by atoms with Crippen LogP contribution >= 0.6 is 25.3 Å². The van der Waals surface area contributed by atoms with Gasteiger partial charge in [-0.15, -0.1) is 12.6 Å². The van der Waals surface area contributed by atoms with Gasteiger partial charge in [-0.1, -0.05) is 6.92 Å². The van der Waals surface area contributed by atoms with Crippen LogP contribution in [0.3, 0.4) is 0 Å². The zero-order valence-electron chi connectivity index (χ0n) is 10.2. The van der Waals surface area contributed by atoms with Gasteiger partial charge < -0.3 is 30.6 Å². The van der Waals surface area contributed by atoms with Gasteiger partial charge in [-0.2, -0.15) is 12.6 Å². The zero-order valence-corrected chi connectivity index (χ0v) is 12.0. The Labute approximate surface area is 117 Å². The second kappa shape index (κ2) is 7.30. The summed E-state index contributed by atoms with van der Waals surface area (Å²) in [5.41, 5.74) is 0. The van der Waals surface area contributed by atoms with E-state index in [4.69, 9.17) is 5.11 Å². The fourth-order valence-corrected chi connectivity index (χ4v) is 2.78. The highest BCUT2D eigenvalue weighted by molar-refractivity contribution is 7.82. The monoisotopic (exact) mass is 302 g/mol. The summed E-state index contributed by atoms with van der Waals surface area (Å²) in [4.78, 5) is -1.63. The van der Waals surface area contributed by atoms with Crippen molar-refractivity contribution in [1.82, 2.24) is 0 Å². The Morgan fingerprint density at radius 3 is 1.78 bits per heavy atom. The number of hydrogen-bond acceptors (Lipinski definition) is 8. The Hall–Kier alpha value is 0.460. The van der Waals surface area contributed by atoms with Gasteiger partial charge in [0, 0.05) is 11.2 Å². The molecule has 0 spiro atoms. The van der Waals surface area contributed by atoms with Crippen molar-refractivity contribution in [2.45, 2.75) is 48.4 Å². The van der Waals surface area contributed by atoms with Crippen LogP contribution in [-0.2, 0) is 0 Å². The molecule has 0 radical (unpaired) electrons. The van der Waals surface area contributed by atoms with Crippen molar-refractivity contribution >= 4 is 25.3 Å². The van der Waals surface area contributed by atoms with Crippen molar-refractivity contribution < 1.29 is 30.6 Å². The van der Waals surface area contributed by atoms with E-state index >= 15 is 0 Å². The van der Waals surface area contributed by atoms with E-state index in [1.807, 2.05) is 0 Å². The van der Waals surface area contributed by atoms with E-state index in [2.05, 4.69) is 25.3 Å². The molecule has 0 amide bonds. The van der Waals surface area contributed by atoms with Crippen LogP contribution in [0.5, 0.6) is 0 Å². The standard InChI is InChI=1S/C10H22O6S2/c1-4(17)6(10(2,16)18)8(14)9(15)7(13)5(12)3-11/h4-9,11-18H,3H2,1-2H3. The molecule has 0 aromatic carbocycles. The van der Waals surface area contributed by atoms with E-state index in [1.165, 1.54) is 6.92 Å². The Morgan fingerprint density at radius 2 is 1.50 bits per heavy atom. The molecule has 110 valence electrons. The van der Waals surface area contributed by atoms with E-state index in [0.29, 0.717) is 0 Å². The molecule has 0 bridgehead atoms. The van der Waals surface area contributed by atoms with Crippen LogP contribution in [0, 0.1) is 5.92 Å². The van der Waals surface area contributed by atoms with Crippen molar-refractivity contribution in [2.75, 3.05) is 6.61 Å². The fourth-order valence-electron chi connectivity index (χ4n) is 1.82. The van der Waals surface area contributed by atoms with Crippen molar-refractivity contribution in [2.24, 2.45) is 5.92 Å². The Balaban J connectivity index is 4.93. The van der Waals surface area contributed by atoms with Gasteiger partial charge >= 0.3 is 0 Å². The Morgan fingerprint density at radius 1 is 1.06 bits per heavy atom. The normalized spacial score (nSPS) is 25.7. The lowest BCUT2D eigenvalue weighted by Crippen LogP contribution is -2.54. The molecule has 0 saturated carbocycles. The fraction of sp³-hybridized carbons (Fsp3) is 1.00. The molecule has 0 rings (SSSR count). The minimum Gasteiger partial charge on any atom is -0.394 e. The maximum atomic E-state index is 9.94. The smallest absolute Gasteiger partial charge is 0.111 e. The van der Waals surface area contributed by atoms with Crippen LogP contribution in [0.4, 0.5) is 0 Å². The van der Waals surface area contributed by atoms with Gasteiger partial charge in [0.1, 0.15) is 23.2 Å². The molecule has 6 N–H and O–H groups in total. The molecule has 0 saturated heterocycles. The third-order valence-electron chi connectivity index (χ3n) is 2.80. The average molecular weight is 302 g/mol. The summed E-state index contributed by atoms with van der Waals surface area (Å²) < 4.78 is 0. The van der Waals surface area contributed by atoms with Crippen molar-refractivity contribution in [3.8, 4) is 0 Å². The number of aliphatic hydroxyl groups excluding tert-OH is 5. The summed E-state index contributed by atoms with van der Waals surface area (Å²) in [5, 5.41) is 56.3. The molecule has 18 heavy (non-hydrogen) atoms. The maximum Gasteiger partial charge on any atom is 0.111 e. The summed E-state index contributed by atoms with van der Waals surface area (Å²) in [6.45, 7) is 2.14. The third-order valence-corrected chi connectivity index (χ3v) is 3.42. The highest BCUT2D eigenvalue weighted by atomic mass is 32.1. The first-order chi connectivity index (χ1) is 8.03. The minimum atomic E-state index is -1.75. The van der Waals surface area contributed by atoms with Gasteiger partial charge in [0.15, 0.2) is 0 Å². The van der Waals surface area contributed by atoms with Crippen molar-refractivity contribution in [1.29, 1.82) is 0 Å². The molecule has 0 fully saturated rings. The molecule has 0 aliphatic carbocycles. The maximum absolute atomic E-state index is 9.94. The summed E-state index contributed by atoms with van der Waals surface area (Å²) in [7, 11) is 0. The lowest BCUT2D eigenvalue weighted by atomic mass is 9.86. The van der Waals surface area contributed by atoms with Crippen molar-refractivity contribution in [3.63, 3.8) is 0 Å². The summed E-state index contributed by atoms with van der Waals surface area (Å²) in [6.07, 6.45) is -6.64. The largest absolute Gasteiger partial charge is 0.394 e. The van der Waals surface area contributed by atoms with Gasteiger partial charge in [0.25, 0.3) is 0 Å². The van der Waals surface area contributed by atoms with Gasteiger partial charge in [0.05, 0.1) is 12.7 Å². The molecular weight excluding hydrogens is 280 g/mol. The van der Waals surface area contributed by atoms with E-state index in [9.17, 15) is 25.5 Å². The molecule has 0 aliphatic heterocycles. The van der Waals surface area contributed by atoms with Crippen LogP contribution in [0.2, 0.25) is 0 Å². The molecule has 0 aromatic rings. The number of hydrogen-bond donors (Lipinski definition) is 8. The molecule has 0 heterocycles. The first kappa shape index (κ1) is 18.5. The predicted molar refractivity (Wildman–Crippen MR) is 72.7 cm³/mol. The summed E-state index contributed by atoms with van der Waals surface area (Å²) in [5.74, 6) is -0.959. The second-order valence-corrected chi connectivity index (χ2v) is 6.30. The first-order valence-electron chi connectivity index (χ1n) is 5.50. The number of rotatable bonds is 7. The molecule has 6 nitrogen and oxygen atoms in total. The van der Waals surface area contributed by atoms with Crippen molar-refractivity contribution in [3.05, 3.63) is 0 Å². The second-order valence-electron chi connectivity index (χ2n) is 4.58. The molecule has 7 atom stereocenters. The van der Waals surface area contributed by atoms with Crippen LogP contribution < -0.4 is 0 Å². The molecular formula is C10H22O6S2. The summed E-state index contributed by atoms with van der Waals surface area (Å²) >= 11 is 8.00. The van der Waals surface area contributed by atoms with Crippen LogP contribution in [0.15, 0.2) is 0 Å². The lowest BCUT2D eigenvalue weighted by Gasteiger charge is -2.38. The van der Waals surface area contributed by atoms with Gasteiger partial charge in [-0.25, -0.2) is 0 Å². The molecule has 0 aromatic heterocycles. The van der Waals surface area contributed by atoms with Crippen LogP contribution in [-0.4, -0.2) is 71.8 Å². The Kier molecular flexibility index (Phi) is 7.48. The van der Waals surface area contributed by atoms with E-state index in [0.717, 1.165) is 0 Å². The summed E-state index contributed by atoms with van der Waals surface area (Å²) in [6, 6.07) is 0. The Bertz CT molecular complexity index is 245. The topological polar surface area (TPSA) is 121 Å². The third kappa shape index (κ3) is 4.86. The SMILES string of the molecule is CC(S)C(C(O)C(O)C(O)C(O)CO)C(C)(O)S. The predicted octanol–water partition coefficient (Wildman–Crippen LogP) is -2.00. The van der Waals surface area contributed by atoms with Gasteiger partial charge in [0.2, 0.25) is 0 Å². The number of thiol groups is 2. The number of aliphatic hydroxyl groups is 6. The first-order valence-corrected chi connectivity index (χ1v) is 6.46. The lowest BCUT2D eigenvalue weighted by molar-refractivity contribution is -0.140. The highest BCUT2D eigenvalue weighted by Crippen LogP contribution is 2.32. The molecule has 0 aliphatic rings. The minimum absolute atomic E-state index is 0.527.